The zero-order chi connectivity index (χ0) is 17.1. The molecule has 2 amide bonds. The van der Waals surface area contributed by atoms with Crippen molar-refractivity contribution < 1.29 is 14.6 Å². The maximum Gasteiger partial charge on any atom is 0.319 e. The first-order chi connectivity index (χ1) is 11.5. The van der Waals surface area contributed by atoms with Crippen LogP contribution in [0.3, 0.4) is 0 Å². The molecule has 0 saturated heterocycles. The average Bonchev–Trinajstić information content (AvgIpc) is 2.85. The molecule has 2 atom stereocenters. The van der Waals surface area contributed by atoms with Crippen LogP contribution in [0.1, 0.15) is 31.0 Å². The van der Waals surface area contributed by atoms with E-state index < -0.39 is 6.10 Å². The second-order valence-electron chi connectivity index (χ2n) is 6.24. The fourth-order valence-electron chi connectivity index (χ4n) is 2.95. The molecule has 5 nitrogen and oxygen atoms in total. The molecule has 0 saturated carbocycles. The first kappa shape index (κ1) is 16.3. The zero-order valence-corrected chi connectivity index (χ0v) is 13.8. The van der Waals surface area contributed by atoms with Crippen molar-refractivity contribution in [2.45, 2.75) is 38.5 Å². The summed E-state index contributed by atoms with van der Waals surface area (Å²) in [7, 11) is 0. The van der Waals surface area contributed by atoms with Gasteiger partial charge in [0.15, 0.2) is 0 Å². The van der Waals surface area contributed by atoms with Crippen LogP contribution in [0.2, 0.25) is 0 Å². The monoisotopic (exact) mass is 326 g/mol. The van der Waals surface area contributed by atoms with Crippen LogP contribution in [0.4, 0.5) is 10.5 Å². The highest BCUT2D eigenvalue weighted by Crippen LogP contribution is 2.31. The molecule has 0 heterocycles. The Kier molecular flexibility index (Phi) is 4.71. The smallest absolute Gasteiger partial charge is 0.319 e. The van der Waals surface area contributed by atoms with Crippen LogP contribution < -0.4 is 15.4 Å². The lowest BCUT2D eigenvalue weighted by Gasteiger charge is -2.18. The van der Waals surface area contributed by atoms with Crippen LogP contribution in [0, 0.1) is 0 Å². The van der Waals surface area contributed by atoms with Crippen molar-refractivity contribution in [2.24, 2.45) is 0 Å². The quantitative estimate of drug-likeness (QED) is 0.808. The molecular formula is C19H22N2O3. The van der Waals surface area contributed by atoms with Gasteiger partial charge in [-0.2, -0.15) is 0 Å². The standard InChI is InChI=1S/C19H22N2O3/c1-12(2)24-15-9-7-14(8-10-15)20-19(23)21-18-16-6-4-3-5-13(16)11-17(18)22/h3-10,12,17-18,22H,11H2,1-2H3,(H2,20,21,23)/t17-,18+/m0/s1. The highest BCUT2D eigenvalue weighted by atomic mass is 16.5. The molecule has 0 aromatic heterocycles. The van der Waals surface area contributed by atoms with Crippen LogP contribution in [0.15, 0.2) is 48.5 Å². The lowest BCUT2D eigenvalue weighted by atomic mass is 10.1. The molecule has 0 aliphatic heterocycles. The van der Waals surface area contributed by atoms with Gasteiger partial charge in [-0.25, -0.2) is 4.79 Å². The molecule has 3 rings (SSSR count). The Morgan fingerprint density at radius 2 is 1.88 bits per heavy atom. The Morgan fingerprint density at radius 3 is 2.58 bits per heavy atom. The maximum absolute atomic E-state index is 12.2. The van der Waals surface area contributed by atoms with Crippen molar-refractivity contribution in [1.82, 2.24) is 5.32 Å². The van der Waals surface area contributed by atoms with Gasteiger partial charge in [0.05, 0.1) is 18.2 Å². The number of anilines is 1. The predicted octanol–water partition coefficient (Wildman–Crippen LogP) is 3.25. The van der Waals surface area contributed by atoms with E-state index in [1.54, 1.807) is 12.1 Å². The molecule has 3 N–H and O–H groups in total. The van der Waals surface area contributed by atoms with Gasteiger partial charge in [0.2, 0.25) is 0 Å². The summed E-state index contributed by atoms with van der Waals surface area (Å²) in [6, 6.07) is 14.3. The van der Waals surface area contributed by atoms with Gasteiger partial charge in [-0.05, 0) is 49.2 Å². The number of benzene rings is 2. The van der Waals surface area contributed by atoms with Crippen molar-refractivity contribution in [3.8, 4) is 5.75 Å². The fourth-order valence-corrected chi connectivity index (χ4v) is 2.95. The number of hydrogen-bond donors (Lipinski definition) is 3. The molecule has 2 aromatic carbocycles. The third kappa shape index (κ3) is 3.68. The molecule has 0 bridgehead atoms. The number of amides is 2. The Bertz CT molecular complexity index is 713. The summed E-state index contributed by atoms with van der Waals surface area (Å²) in [5, 5.41) is 15.8. The highest BCUT2D eigenvalue weighted by molar-refractivity contribution is 5.89. The lowest BCUT2D eigenvalue weighted by molar-refractivity contribution is 0.144. The van der Waals surface area contributed by atoms with Crippen molar-refractivity contribution in [3.05, 3.63) is 59.7 Å². The van der Waals surface area contributed by atoms with E-state index in [-0.39, 0.29) is 18.2 Å². The summed E-state index contributed by atoms with van der Waals surface area (Å²) < 4.78 is 5.57. The number of nitrogens with one attached hydrogen (secondary N) is 2. The Balaban J connectivity index is 1.62. The molecule has 24 heavy (non-hydrogen) atoms. The van der Waals surface area contributed by atoms with E-state index in [9.17, 15) is 9.90 Å². The summed E-state index contributed by atoms with van der Waals surface area (Å²) in [5.74, 6) is 0.760. The summed E-state index contributed by atoms with van der Waals surface area (Å²) in [5.41, 5.74) is 2.72. The zero-order valence-electron chi connectivity index (χ0n) is 13.8. The third-order valence-electron chi connectivity index (χ3n) is 3.97. The molecule has 0 unspecified atom stereocenters. The van der Waals surface area contributed by atoms with Gasteiger partial charge in [0.1, 0.15) is 5.75 Å². The molecule has 1 aliphatic carbocycles. The minimum Gasteiger partial charge on any atom is -0.491 e. The van der Waals surface area contributed by atoms with E-state index in [0.29, 0.717) is 12.1 Å². The number of rotatable bonds is 4. The topological polar surface area (TPSA) is 70.6 Å². The molecule has 5 heteroatoms. The second-order valence-corrected chi connectivity index (χ2v) is 6.24. The van der Waals surface area contributed by atoms with E-state index in [4.69, 9.17) is 4.74 Å². The third-order valence-corrected chi connectivity index (χ3v) is 3.97. The summed E-state index contributed by atoms with van der Waals surface area (Å²) in [4.78, 5) is 12.2. The van der Waals surface area contributed by atoms with Crippen LogP contribution >= 0.6 is 0 Å². The van der Waals surface area contributed by atoms with Crippen molar-refractivity contribution in [2.75, 3.05) is 5.32 Å². The van der Waals surface area contributed by atoms with E-state index in [1.807, 2.05) is 50.2 Å². The molecule has 126 valence electrons. The van der Waals surface area contributed by atoms with Crippen LogP contribution in [0.5, 0.6) is 5.75 Å². The fraction of sp³-hybridized carbons (Fsp3) is 0.316. The van der Waals surface area contributed by atoms with Crippen molar-refractivity contribution in [3.63, 3.8) is 0 Å². The number of carbonyl (C=O) groups excluding carboxylic acids is 1. The average molecular weight is 326 g/mol. The number of carbonyl (C=O) groups is 1. The number of fused-ring (bicyclic) bond motifs is 1. The minimum absolute atomic E-state index is 0.107. The van der Waals surface area contributed by atoms with Gasteiger partial charge < -0.3 is 20.5 Å². The van der Waals surface area contributed by atoms with Crippen LogP contribution in [-0.4, -0.2) is 23.3 Å². The highest BCUT2D eigenvalue weighted by Gasteiger charge is 2.31. The maximum atomic E-state index is 12.2. The first-order valence-electron chi connectivity index (χ1n) is 8.13. The SMILES string of the molecule is CC(C)Oc1ccc(NC(=O)N[C@@H]2c3ccccc3C[C@@H]2O)cc1. The van der Waals surface area contributed by atoms with Crippen molar-refractivity contribution in [1.29, 1.82) is 0 Å². The Hall–Kier alpha value is -2.53. The van der Waals surface area contributed by atoms with Gasteiger partial charge in [-0.3, -0.25) is 0 Å². The van der Waals surface area contributed by atoms with E-state index in [2.05, 4.69) is 10.6 Å². The van der Waals surface area contributed by atoms with Crippen LogP contribution in [-0.2, 0) is 6.42 Å². The van der Waals surface area contributed by atoms with Crippen molar-refractivity contribution >= 4 is 11.7 Å². The Labute approximate surface area is 141 Å². The second kappa shape index (κ2) is 6.93. The summed E-state index contributed by atoms with van der Waals surface area (Å²) >= 11 is 0. The van der Waals surface area contributed by atoms with E-state index in [1.165, 1.54) is 0 Å². The van der Waals surface area contributed by atoms with Gasteiger partial charge in [-0.15, -0.1) is 0 Å². The van der Waals surface area contributed by atoms with Gasteiger partial charge in [0.25, 0.3) is 0 Å². The number of hydrogen-bond acceptors (Lipinski definition) is 3. The number of urea groups is 1. The van der Waals surface area contributed by atoms with Gasteiger partial charge >= 0.3 is 6.03 Å². The number of ether oxygens (including phenoxy) is 1. The molecule has 0 radical (unpaired) electrons. The number of aliphatic hydroxyl groups is 1. The largest absolute Gasteiger partial charge is 0.491 e. The first-order valence-corrected chi connectivity index (χ1v) is 8.13. The summed E-state index contributed by atoms with van der Waals surface area (Å²) in [6.07, 6.45) is 0.0634. The molecule has 0 spiro atoms. The molecule has 2 aromatic rings. The lowest BCUT2D eigenvalue weighted by Crippen LogP contribution is -2.36. The summed E-state index contributed by atoms with van der Waals surface area (Å²) in [6.45, 7) is 3.93. The Morgan fingerprint density at radius 1 is 1.17 bits per heavy atom. The van der Waals surface area contributed by atoms with Gasteiger partial charge in [-0.1, -0.05) is 24.3 Å². The van der Waals surface area contributed by atoms with Crippen LogP contribution in [0.25, 0.3) is 0 Å². The normalized spacial score (nSPS) is 19.0. The molecule has 0 fully saturated rings. The van der Waals surface area contributed by atoms with Gasteiger partial charge in [0, 0.05) is 12.1 Å². The number of aliphatic hydroxyl groups excluding tert-OH is 1. The van der Waals surface area contributed by atoms with E-state index >= 15 is 0 Å². The minimum atomic E-state index is -0.602. The van der Waals surface area contributed by atoms with E-state index in [0.717, 1.165) is 16.9 Å². The molecular weight excluding hydrogens is 304 g/mol. The molecule has 1 aliphatic rings. The predicted molar refractivity (Wildman–Crippen MR) is 93.3 cm³/mol.